The predicted molar refractivity (Wildman–Crippen MR) is 79.3 cm³/mol. The van der Waals surface area contributed by atoms with Gasteiger partial charge in [-0.1, -0.05) is 25.4 Å². The lowest BCUT2D eigenvalue weighted by atomic mass is 10.2. The molecular weight excluding hydrogens is 280 g/mol. The largest absolute Gasteiger partial charge is 0.490 e. The number of carbonyl (C=O) groups excluding carboxylic acids is 1. The van der Waals surface area contributed by atoms with Crippen LogP contribution in [0.4, 0.5) is 0 Å². The number of primary amides is 1. The lowest BCUT2D eigenvalue weighted by Gasteiger charge is -2.15. The number of nitrogens with two attached hydrogens (primary N) is 1. The first kappa shape index (κ1) is 16.6. The van der Waals surface area contributed by atoms with Gasteiger partial charge in [-0.25, -0.2) is 0 Å². The second-order valence-corrected chi connectivity index (χ2v) is 5.04. The molecule has 0 saturated carbocycles. The molecule has 1 aromatic rings. The number of carbonyl (C=O) groups is 1. The van der Waals surface area contributed by atoms with Crippen LogP contribution in [-0.4, -0.2) is 25.2 Å². The van der Waals surface area contributed by atoms with Gasteiger partial charge in [0.05, 0.1) is 11.6 Å². The van der Waals surface area contributed by atoms with Crippen molar-refractivity contribution in [3.8, 4) is 11.5 Å². The zero-order chi connectivity index (χ0) is 15.1. The van der Waals surface area contributed by atoms with Gasteiger partial charge in [0.2, 0.25) is 0 Å². The van der Waals surface area contributed by atoms with Gasteiger partial charge in [-0.2, -0.15) is 0 Å². The average molecular weight is 301 g/mol. The molecule has 0 fully saturated rings. The van der Waals surface area contributed by atoms with Crippen molar-refractivity contribution in [3.05, 3.63) is 22.7 Å². The maximum Gasteiger partial charge on any atom is 0.255 e. The van der Waals surface area contributed by atoms with E-state index in [0.29, 0.717) is 35.7 Å². The summed E-state index contributed by atoms with van der Waals surface area (Å²) in [5.74, 6) is 0.302. The molecule has 20 heavy (non-hydrogen) atoms. The van der Waals surface area contributed by atoms with Gasteiger partial charge in [-0.3, -0.25) is 4.79 Å². The van der Waals surface area contributed by atoms with E-state index in [2.05, 4.69) is 19.2 Å². The summed E-state index contributed by atoms with van der Waals surface area (Å²) in [6, 6.07) is 4.01. The molecule has 3 N–H and O–H groups in total. The molecular formula is C14H21ClN2O3. The minimum absolute atomic E-state index is 0.233. The summed E-state index contributed by atoms with van der Waals surface area (Å²) < 4.78 is 10.8. The molecule has 0 aromatic heterocycles. The number of rotatable bonds is 8. The average Bonchev–Trinajstić information content (AvgIpc) is 2.35. The van der Waals surface area contributed by atoms with Crippen molar-refractivity contribution in [2.24, 2.45) is 5.73 Å². The highest BCUT2D eigenvalue weighted by molar-refractivity contribution is 6.32. The van der Waals surface area contributed by atoms with Gasteiger partial charge < -0.3 is 20.5 Å². The van der Waals surface area contributed by atoms with Crippen molar-refractivity contribution in [1.29, 1.82) is 0 Å². The van der Waals surface area contributed by atoms with Crippen molar-refractivity contribution in [2.75, 3.05) is 13.2 Å². The van der Waals surface area contributed by atoms with E-state index in [1.807, 2.05) is 13.0 Å². The SMILES string of the molecule is CCOc1cc(CNC(C)C)cc(Cl)c1OCC(N)=O. The van der Waals surface area contributed by atoms with Crippen LogP contribution in [0.5, 0.6) is 11.5 Å². The van der Waals surface area contributed by atoms with Crippen LogP contribution >= 0.6 is 11.6 Å². The number of hydrogen-bond donors (Lipinski definition) is 2. The van der Waals surface area contributed by atoms with Crippen molar-refractivity contribution in [2.45, 2.75) is 33.4 Å². The summed E-state index contributed by atoms with van der Waals surface area (Å²) in [7, 11) is 0. The third-order valence-corrected chi connectivity index (χ3v) is 2.72. The van der Waals surface area contributed by atoms with E-state index in [1.165, 1.54) is 0 Å². The molecule has 0 aliphatic heterocycles. The second-order valence-electron chi connectivity index (χ2n) is 4.63. The summed E-state index contributed by atoms with van der Waals surface area (Å²) in [6.45, 7) is 6.91. The molecule has 0 bridgehead atoms. The highest BCUT2D eigenvalue weighted by atomic mass is 35.5. The van der Waals surface area contributed by atoms with E-state index in [0.717, 1.165) is 5.56 Å². The molecule has 112 valence electrons. The van der Waals surface area contributed by atoms with Crippen molar-refractivity contribution in [3.63, 3.8) is 0 Å². The highest BCUT2D eigenvalue weighted by Crippen LogP contribution is 2.36. The van der Waals surface area contributed by atoms with Gasteiger partial charge >= 0.3 is 0 Å². The van der Waals surface area contributed by atoms with Gasteiger partial charge in [0, 0.05) is 12.6 Å². The summed E-state index contributed by atoms with van der Waals surface area (Å²) >= 11 is 6.18. The molecule has 1 aromatic carbocycles. The molecule has 0 radical (unpaired) electrons. The Hall–Kier alpha value is -1.46. The summed E-state index contributed by atoms with van der Waals surface area (Å²) in [5.41, 5.74) is 6.05. The first-order chi connectivity index (χ1) is 9.43. The Kier molecular flexibility index (Phi) is 6.61. The monoisotopic (exact) mass is 300 g/mol. The number of benzene rings is 1. The molecule has 0 atom stereocenters. The van der Waals surface area contributed by atoms with Crippen molar-refractivity contribution in [1.82, 2.24) is 5.32 Å². The Bertz CT molecular complexity index is 464. The maximum absolute atomic E-state index is 10.8. The van der Waals surface area contributed by atoms with E-state index < -0.39 is 5.91 Å². The quantitative estimate of drug-likeness (QED) is 0.771. The van der Waals surface area contributed by atoms with Gasteiger partial charge in [-0.05, 0) is 24.6 Å². The van der Waals surface area contributed by atoms with Crippen LogP contribution in [0.15, 0.2) is 12.1 Å². The Morgan fingerprint density at radius 1 is 1.40 bits per heavy atom. The van der Waals surface area contributed by atoms with Crippen LogP contribution in [0.3, 0.4) is 0 Å². The van der Waals surface area contributed by atoms with Crippen LogP contribution in [0.25, 0.3) is 0 Å². The second kappa shape index (κ2) is 7.97. The number of nitrogens with one attached hydrogen (secondary N) is 1. The first-order valence-electron chi connectivity index (χ1n) is 6.53. The first-order valence-corrected chi connectivity index (χ1v) is 6.91. The Labute approximate surface area is 124 Å². The van der Waals surface area contributed by atoms with Gasteiger partial charge in [0.15, 0.2) is 18.1 Å². The number of halogens is 1. The van der Waals surface area contributed by atoms with Crippen LogP contribution in [0.1, 0.15) is 26.3 Å². The van der Waals surface area contributed by atoms with E-state index in [4.69, 9.17) is 26.8 Å². The van der Waals surface area contributed by atoms with Crippen molar-refractivity contribution < 1.29 is 14.3 Å². The summed E-state index contributed by atoms with van der Waals surface area (Å²) in [4.78, 5) is 10.8. The molecule has 1 rings (SSSR count). The smallest absolute Gasteiger partial charge is 0.255 e. The Balaban J connectivity index is 2.95. The lowest BCUT2D eigenvalue weighted by Crippen LogP contribution is -2.22. The van der Waals surface area contributed by atoms with Crippen LogP contribution in [0.2, 0.25) is 5.02 Å². The van der Waals surface area contributed by atoms with E-state index in [-0.39, 0.29) is 6.61 Å². The standard InChI is InChI=1S/C14H21ClN2O3/c1-4-19-12-6-10(7-17-9(2)3)5-11(15)14(12)20-8-13(16)18/h5-6,9,17H,4,7-8H2,1-3H3,(H2,16,18). The van der Waals surface area contributed by atoms with Crippen molar-refractivity contribution >= 4 is 17.5 Å². The minimum Gasteiger partial charge on any atom is -0.490 e. The van der Waals surface area contributed by atoms with Crippen LogP contribution in [-0.2, 0) is 11.3 Å². The molecule has 6 heteroatoms. The maximum atomic E-state index is 10.8. The number of amides is 1. The topological polar surface area (TPSA) is 73.6 Å². The lowest BCUT2D eigenvalue weighted by molar-refractivity contribution is -0.119. The van der Waals surface area contributed by atoms with E-state index in [9.17, 15) is 4.79 Å². The molecule has 0 spiro atoms. The zero-order valence-corrected chi connectivity index (χ0v) is 12.8. The molecule has 1 amide bonds. The number of hydrogen-bond acceptors (Lipinski definition) is 4. The normalized spacial score (nSPS) is 10.7. The zero-order valence-electron chi connectivity index (χ0n) is 12.0. The molecule has 0 saturated heterocycles. The fourth-order valence-electron chi connectivity index (χ4n) is 1.59. The van der Waals surface area contributed by atoms with E-state index in [1.54, 1.807) is 6.07 Å². The number of ether oxygens (including phenoxy) is 2. The molecule has 0 aliphatic rings. The molecule has 0 unspecified atom stereocenters. The van der Waals surface area contributed by atoms with Gasteiger partial charge in [0.25, 0.3) is 5.91 Å². The minimum atomic E-state index is -0.561. The van der Waals surface area contributed by atoms with Crippen LogP contribution < -0.4 is 20.5 Å². The molecule has 0 aliphatic carbocycles. The Morgan fingerprint density at radius 3 is 2.65 bits per heavy atom. The fraction of sp³-hybridized carbons (Fsp3) is 0.500. The van der Waals surface area contributed by atoms with Crippen LogP contribution in [0, 0.1) is 0 Å². The Morgan fingerprint density at radius 2 is 2.10 bits per heavy atom. The highest BCUT2D eigenvalue weighted by Gasteiger charge is 2.13. The van der Waals surface area contributed by atoms with E-state index >= 15 is 0 Å². The third kappa shape index (κ3) is 5.27. The third-order valence-electron chi connectivity index (χ3n) is 2.44. The summed E-state index contributed by atoms with van der Waals surface area (Å²) in [6.07, 6.45) is 0. The molecule has 5 nitrogen and oxygen atoms in total. The fourth-order valence-corrected chi connectivity index (χ4v) is 1.88. The summed E-state index contributed by atoms with van der Waals surface area (Å²) in [5, 5.41) is 3.70. The van der Waals surface area contributed by atoms with Gasteiger partial charge in [-0.15, -0.1) is 0 Å². The van der Waals surface area contributed by atoms with Gasteiger partial charge in [0.1, 0.15) is 0 Å². The molecule has 0 heterocycles. The predicted octanol–water partition coefficient (Wildman–Crippen LogP) is 2.10.